The number of amides is 1. The van der Waals surface area contributed by atoms with Crippen LogP contribution in [0.3, 0.4) is 0 Å². The number of carbonyl (C=O) groups is 2. The molecule has 1 amide bonds. The van der Waals surface area contributed by atoms with Gasteiger partial charge in [0.1, 0.15) is 5.75 Å². The normalized spacial score (nSPS) is 14.0. The summed E-state index contributed by atoms with van der Waals surface area (Å²) >= 11 is 0. The number of nitrogens with zero attached hydrogens (tertiary/aromatic N) is 1. The third-order valence-corrected chi connectivity index (χ3v) is 5.87. The van der Waals surface area contributed by atoms with Gasteiger partial charge in [0.15, 0.2) is 6.10 Å². The third kappa shape index (κ3) is 6.04. The number of aromatic amines is 1. The number of H-pyrrole nitrogens is 1. The molecule has 1 aromatic heterocycles. The lowest BCUT2D eigenvalue weighted by Gasteiger charge is -2.29. The lowest BCUT2D eigenvalue weighted by Crippen LogP contribution is -2.43. The molecular formula is C27H32N2O5. The molecule has 1 saturated heterocycles. The zero-order chi connectivity index (χ0) is 24.5. The summed E-state index contributed by atoms with van der Waals surface area (Å²) in [6.45, 7) is 8.08. The van der Waals surface area contributed by atoms with E-state index in [0.717, 1.165) is 48.0 Å². The van der Waals surface area contributed by atoms with Gasteiger partial charge >= 0.3 is 0 Å². The van der Waals surface area contributed by atoms with E-state index < -0.39 is 6.10 Å². The Kier molecular flexibility index (Phi) is 8.85. The largest absolute Gasteiger partial charge is 0.481 e. The number of hydrogen-bond acceptors (Lipinski definition) is 5. The third-order valence-electron chi connectivity index (χ3n) is 5.87. The van der Waals surface area contributed by atoms with Gasteiger partial charge in [-0.3, -0.25) is 14.4 Å². The van der Waals surface area contributed by atoms with Crippen LogP contribution < -0.4 is 10.3 Å². The van der Waals surface area contributed by atoms with Gasteiger partial charge in [-0.05, 0) is 74.7 Å². The SMILES string of the molecule is CCOC=O.Cc1ccccc1-c1c[nH]c(=O)c2cc(OC(C)C(=O)N3CCCCC3)ccc12. The van der Waals surface area contributed by atoms with Gasteiger partial charge in [-0.2, -0.15) is 0 Å². The van der Waals surface area contributed by atoms with E-state index in [0.29, 0.717) is 24.2 Å². The smallest absolute Gasteiger partial charge is 0.293 e. The maximum absolute atomic E-state index is 12.6. The number of nitrogens with one attached hydrogen (secondary N) is 1. The van der Waals surface area contributed by atoms with Gasteiger partial charge in [-0.1, -0.05) is 24.3 Å². The molecule has 1 fully saturated rings. The fraction of sp³-hybridized carbons (Fsp3) is 0.370. The lowest BCUT2D eigenvalue weighted by molar-refractivity contribution is -0.138. The van der Waals surface area contributed by atoms with Crippen LogP contribution in [0.5, 0.6) is 5.75 Å². The van der Waals surface area contributed by atoms with E-state index in [-0.39, 0.29) is 11.5 Å². The van der Waals surface area contributed by atoms with Crippen LogP contribution in [0.1, 0.15) is 38.7 Å². The molecule has 0 radical (unpaired) electrons. The van der Waals surface area contributed by atoms with E-state index in [9.17, 15) is 14.4 Å². The van der Waals surface area contributed by atoms with E-state index in [1.54, 1.807) is 26.1 Å². The summed E-state index contributed by atoms with van der Waals surface area (Å²) < 4.78 is 10.1. The van der Waals surface area contributed by atoms with E-state index >= 15 is 0 Å². The Labute approximate surface area is 199 Å². The number of ether oxygens (including phenoxy) is 2. The summed E-state index contributed by atoms with van der Waals surface area (Å²) in [7, 11) is 0. The number of piperidine rings is 1. The van der Waals surface area contributed by atoms with E-state index in [1.165, 1.54) is 6.42 Å². The number of aryl methyl sites for hydroxylation is 1. The Morgan fingerprint density at radius 3 is 2.47 bits per heavy atom. The predicted octanol–water partition coefficient (Wildman–Crippen LogP) is 4.46. The Morgan fingerprint density at radius 1 is 1.09 bits per heavy atom. The number of likely N-dealkylation sites (tertiary alicyclic amines) is 1. The van der Waals surface area contributed by atoms with Crippen molar-refractivity contribution in [1.82, 2.24) is 9.88 Å². The van der Waals surface area contributed by atoms with Crippen LogP contribution in [0.4, 0.5) is 0 Å². The number of benzene rings is 2. The summed E-state index contributed by atoms with van der Waals surface area (Å²) in [6, 6.07) is 13.6. The summed E-state index contributed by atoms with van der Waals surface area (Å²) in [5.74, 6) is 0.537. The van der Waals surface area contributed by atoms with E-state index in [1.807, 2.05) is 35.2 Å². The van der Waals surface area contributed by atoms with Crippen molar-refractivity contribution in [3.63, 3.8) is 0 Å². The van der Waals surface area contributed by atoms with Gasteiger partial charge in [0, 0.05) is 24.8 Å². The molecule has 3 aromatic rings. The van der Waals surface area contributed by atoms with Gasteiger partial charge in [0.05, 0.1) is 12.0 Å². The number of aromatic nitrogens is 1. The van der Waals surface area contributed by atoms with Gasteiger partial charge in [0.25, 0.3) is 17.9 Å². The first-order chi connectivity index (χ1) is 16.5. The molecule has 0 saturated carbocycles. The second kappa shape index (κ2) is 12.0. The van der Waals surface area contributed by atoms with Crippen molar-refractivity contribution in [2.24, 2.45) is 0 Å². The molecule has 4 rings (SSSR count). The van der Waals surface area contributed by atoms with Crippen molar-refractivity contribution in [1.29, 1.82) is 0 Å². The molecule has 1 atom stereocenters. The first-order valence-corrected chi connectivity index (χ1v) is 11.7. The second-order valence-corrected chi connectivity index (χ2v) is 8.25. The van der Waals surface area contributed by atoms with Crippen molar-refractivity contribution < 1.29 is 19.1 Å². The van der Waals surface area contributed by atoms with Crippen molar-refractivity contribution in [2.75, 3.05) is 19.7 Å². The van der Waals surface area contributed by atoms with Gasteiger partial charge in [0.2, 0.25) is 0 Å². The standard InChI is InChI=1S/C24H26N2O3.C3H6O2/c1-16-8-4-5-9-19(16)22-15-25-23(27)21-14-18(10-11-20(21)22)29-17(2)24(28)26-12-6-3-7-13-26;1-2-5-3-4/h4-5,8-11,14-15,17H,3,6-7,12-13H2,1-2H3,(H,25,27);3H,2H2,1H3. The van der Waals surface area contributed by atoms with Gasteiger partial charge in [-0.15, -0.1) is 0 Å². The first kappa shape index (κ1) is 25.0. The van der Waals surface area contributed by atoms with Crippen molar-refractivity contribution >= 4 is 23.2 Å². The zero-order valence-electron chi connectivity index (χ0n) is 20.0. The number of carbonyl (C=O) groups excluding carboxylic acids is 2. The molecule has 1 N–H and O–H groups in total. The fourth-order valence-electron chi connectivity index (χ4n) is 4.10. The van der Waals surface area contributed by atoms with Crippen LogP contribution in [-0.2, 0) is 14.3 Å². The predicted molar refractivity (Wildman–Crippen MR) is 133 cm³/mol. The minimum atomic E-state index is -0.579. The molecule has 7 nitrogen and oxygen atoms in total. The van der Waals surface area contributed by atoms with Crippen LogP contribution >= 0.6 is 0 Å². The maximum atomic E-state index is 12.6. The van der Waals surface area contributed by atoms with Crippen molar-refractivity contribution in [3.8, 4) is 16.9 Å². The summed E-state index contributed by atoms with van der Waals surface area (Å²) in [5.41, 5.74) is 3.03. The van der Waals surface area contributed by atoms with Crippen LogP contribution in [0.15, 0.2) is 53.5 Å². The highest BCUT2D eigenvalue weighted by molar-refractivity contribution is 5.97. The van der Waals surface area contributed by atoms with E-state index in [2.05, 4.69) is 22.7 Å². The van der Waals surface area contributed by atoms with Crippen LogP contribution in [0, 0.1) is 6.92 Å². The zero-order valence-corrected chi connectivity index (χ0v) is 20.0. The highest BCUT2D eigenvalue weighted by Gasteiger charge is 2.23. The molecule has 1 aliphatic heterocycles. The number of fused-ring (bicyclic) bond motifs is 1. The molecule has 0 aliphatic carbocycles. The van der Waals surface area contributed by atoms with Gasteiger partial charge < -0.3 is 19.4 Å². The minimum Gasteiger partial charge on any atom is -0.481 e. The Balaban J connectivity index is 0.000000588. The molecule has 2 heterocycles. The molecule has 1 unspecified atom stereocenters. The number of pyridine rings is 1. The number of rotatable bonds is 6. The van der Waals surface area contributed by atoms with Gasteiger partial charge in [-0.25, -0.2) is 0 Å². The maximum Gasteiger partial charge on any atom is 0.293 e. The quantitative estimate of drug-likeness (QED) is 0.544. The molecule has 2 aromatic carbocycles. The van der Waals surface area contributed by atoms with Crippen molar-refractivity contribution in [2.45, 2.75) is 46.1 Å². The monoisotopic (exact) mass is 464 g/mol. The number of hydrogen-bond donors (Lipinski definition) is 1. The molecule has 34 heavy (non-hydrogen) atoms. The molecular weight excluding hydrogens is 432 g/mol. The van der Waals surface area contributed by atoms with Crippen LogP contribution in [-0.4, -0.2) is 48.1 Å². The summed E-state index contributed by atoms with van der Waals surface area (Å²) in [5, 5.41) is 1.42. The topological polar surface area (TPSA) is 88.7 Å². The average molecular weight is 465 g/mol. The van der Waals surface area contributed by atoms with Crippen LogP contribution in [0.25, 0.3) is 21.9 Å². The molecule has 1 aliphatic rings. The molecule has 0 bridgehead atoms. The molecule has 7 heteroatoms. The molecule has 0 spiro atoms. The average Bonchev–Trinajstić information content (AvgIpc) is 2.86. The molecule has 180 valence electrons. The highest BCUT2D eigenvalue weighted by Crippen LogP contribution is 2.30. The first-order valence-electron chi connectivity index (χ1n) is 11.7. The second-order valence-electron chi connectivity index (χ2n) is 8.25. The summed E-state index contributed by atoms with van der Waals surface area (Å²) in [6.07, 6.45) is 4.45. The Hall–Kier alpha value is -3.61. The fourth-order valence-corrected chi connectivity index (χ4v) is 4.10. The van der Waals surface area contributed by atoms with E-state index in [4.69, 9.17) is 4.74 Å². The van der Waals surface area contributed by atoms with Crippen LogP contribution in [0.2, 0.25) is 0 Å². The summed E-state index contributed by atoms with van der Waals surface area (Å²) in [4.78, 5) is 39.0. The minimum absolute atomic E-state index is 0.00682. The Morgan fingerprint density at radius 2 is 1.82 bits per heavy atom. The van der Waals surface area contributed by atoms with Crippen molar-refractivity contribution in [3.05, 3.63) is 64.6 Å². The Bertz CT molecular complexity index is 1180. The lowest BCUT2D eigenvalue weighted by atomic mass is 9.97. The highest BCUT2D eigenvalue weighted by atomic mass is 16.5.